The topological polar surface area (TPSA) is 134 Å². The fourth-order valence-corrected chi connectivity index (χ4v) is 5.35. The van der Waals surface area contributed by atoms with Crippen molar-refractivity contribution in [3.8, 4) is 22.9 Å². The van der Waals surface area contributed by atoms with Gasteiger partial charge in [-0.2, -0.15) is 4.80 Å². The molecule has 12 heteroatoms. The second-order valence-corrected chi connectivity index (χ2v) is 10.2. The molecule has 2 aliphatic rings. The molecule has 1 saturated heterocycles. The van der Waals surface area contributed by atoms with Crippen LogP contribution in [-0.4, -0.2) is 76.4 Å². The summed E-state index contributed by atoms with van der Waals surface area (Å²) in [7, 11) is 3.11. The highest BCUT2D eigenvalue weighted by atomic mass is 16.5. The van der Waals surface area contributed by atoms with Crippen LogP contribution in [-0.2, 0) is 20.9 Å². The predicted octanol–water partition coefficient (Wildman–Crippen LogP) is 3.07. The summed E-state index contributed by atoms with van der Waals surface area (Å²) in [6.45, 7) is 2.49. The Morgan fingerprint density at radius 1 is 1.10 bits per heavy atom. The molecule has 1 saturated carbocycles. The van der Waals surface area contributed by atoms with Gasteiger partial charge < -0.3 is 28.8 Å². The number of hydrogen-bond acceptors (Lipinski definition) is 9. The third-order valence-electron chi connectivity index (χ3n) is 7.41. The summed E-state index contributed by atoms with van der Waals surface area (Å²) >= 11 is 0. The van der Waals surface area contributed by atoms with Gasteiger partial charge in [-0.3, -0.25) is 9.59 Å². The Labute approximate surface area is 232 Å². The van der Waals surface area contributed by atoms with E-state index in [1.54, 1.807) is 44.6 Å². The Hall–Kier alpha value is -3.93. The molecule has 0 unspecified atom stereocenters. The number of amides is 2. The zero-order valence-corrected chi connectivity index (χ0v) is 23.2. The van der Waals surface area contributed by atoms with Gasteiger partial charge in [-0.15, -0.1) is 10.2 Å². The first-order valence-corrected chi connectivity index (χ1v) is 13.7. The third-order valence-corrected chi connectivity index (χ3v) is 7.41. The highest BCUT2D eigenvalue weighted by Gasteiger charge is 2.37. The molecule has 1 aromatic carbocycles. The summed E-state index contributed by atoms with van der Waals surface area (Å²) in [5, 5.41) is 15.8. The van der Waals surface area contributed by atoms with Gasteiger partial charge in [0.1, 0.15) is 18.1 Å². The number of hydrogen-bond donors (Lipinski definition) is 1. The molecule has 1 aliphatic carbocycles. The van der Waals surface area contributed by atoms with Crippen LogP contribution in [0.3, 0.4) is 0 Å². The van der Waals surface area contributed by atoms with E-state index in [0.29, 0.717) is 41.0 Å². The van der Waals surface area contributed by atoms with E-state index >= 15 is 0 Å². The number of carbonyl (C=O) groups is 2. The Kier molecular flexibility index (Phi) is 8.63. The molecule has 3 heterocycles. The normalized spacial score (nSPS) is 18.0. The van der Waals surface area contributed by atoms with Gasteiger partial charge in [-0.25, -0.2) is 0 Å². The van der Waals surface area contributed by atoms with Crippen molar-refractivity contribution in [2.45, 2.75) is 70.2 Å². The molecule has 3 aromatic rings. The summed E-state index contributed by atoms with van der Waals surface area (Å²) < 4.78 is 22.5. The van der Waals surface area contributed by atoms with Crippen molar-refractivity contribution in [3.05, 3.63) is 41.9 Å². The van der Waals surface area contributed by atoms with Crippen molar-refractivity contribution < 1.29 is 28.2 Å². The van der Waals surface area contributed by atoms with E-state index in [1.165, 1.54) is 9.70 Å². The van der Waals surface area contributed by atoms with Gasteiger partial charge in [0, 0.05) is 24.8 Å². The standard InChI is InChI=1S/C28H36N6O6/c1-18-10-12-23(40-18)26(28(36)29-20-7-4-5-8-20)33(16-21-9-6-14-39-21)25(35)17-34-31-27(30-32-34)19-11-13-22(37-2)24(15-19)38-3/h10-13,15,20-21,26H,4-9,14,16-17H2,1-3H3,(H,29,36)/t21-,26+/m0/s1. The highest BCUT2D eigenvalue weighted by molar-refractivity contribution is 5.88. The molecule has 2 aromatic heterocycles. The average Bonchev–Trinajstić information content (AvgIpc) is 3.77. The van der Waals surface area contributed by atoms with E-state index < -0.39 is 6.04 Å². The Balaban J connectivity index is 1.40. The number of furan rings is 1. The van der Waals surface area contributed by atoms with Crippen LogP contribution in [0.15, 0.2) is 34.7 Å². The minimum Gasteiger partial charge on any atom is -0.493 e. The Morgan fingerprint density at radius 3 is 2.58 bits per heavy atom. The molecule has 214 valence electrons. The lowest BCUT2D eigenvalue weighted by Gasteiger charge is -2.32. The van der Waals surface area contributed by atoms with Crippen LogP contribution >= 0.6 is 0 Å². The summed E-state index contributed by atoms with van der Waals surface area (Å²) in [5.41, 5.74) is 0.660. The van der Waals surface area contributed by atoms with Crippen molar-refractivity contribution in [2.75, 3.05) is 27.4 Å². The van der Waals surface area contributed by atoms with Gasteiger partial charge in [-0.1, -0.05) is 12.8 Å². The maximum Gasteiger partial charge on any atom is 0.250 e. The molecular formula is C28H36N6O6. The number of nitrogens with one attached hydrogen (secondary N) is 1. The average molecular weight is 553 g/mol. The molecule has 5 rings (SSSR count). The number of benzene rings is 1. The van der Waals surface area contributed by atoms with Crippen molar-refractivity contribution in [1.29, 1.82) is 0 Å². The minimum absolute atomic E-state index is 0.0896. The smallest absolute Gasteiger partial charge is 0.250 e. The molecule has 0 spiro atoms. The van der Waals surface area contributed by atoms with Crippen LogP contribution in [0, 0.1) is 6.92 Å². The van der Waals surface area contributed by atoms with Crippen LogP contribution in [0.4, 0.5) is 0 Å². The zero-order chi connectivity index (χ0) is 28.1. The SMILES string of the molecule is COc1ccc(-c2nnn(CC(=O)N(C[C@@H]3CCCO3)[C@@H](C(=O)NC3CCCC3)c3ccc(C)o3)n2)cc1OC. The quantitative estimate of drug-likeness (QED) is 0.381. The summed E-state index contributed by atoms with van der Waals surface area (Å²) in [6.07, 6.45) is 5.55. The van der Waals surface area contributed by atoms with Gasteiger partial charge in [0.25, 0.3) is 5.91 Å². The van der Waals surface area contributed by atoms with Crippen LogP contribution < -0.4 is 14.8 Å². The first-order valence-electron chi connectivity index (χ1n) is 13.7. The first-order chi connectivity index (χ1) is 19.4. The molecule has 1 N–H and O–H groups in total. The van der Waals surface area contributed by atoms with Gasteiger partial charge in [0.15, 0.2) is 17.5 Å². The van der Waals surface area contributed by atoms with Crippen LogP contribution in [0.25, 0.3) is 11.4 Å². The van der Waals surface area contributed by atoms with Gasteiger partial charge in [-0.05, 0) is 68.2 Å². The van der Waals surface area contributed by atoms with Crippen molar-refractivity contribution in [2.24, 2.45) is 0 Å². The van der Waals surface area contributed by atoms with E-state index in [9.17, 15) is 9.59 Å². The zero-order valence-electron chi connectivity index (χ0n) is 23.2. The number of aryl methyl sites for hydroxylation is 1. The molecule has 40 heavy (non-hydrogen) atoms. The van der Waals surface area contributed by atoms with E-state index in [4.69, 9.17) is 18.6 Å². The maximum atomic E-state index is 13.9. The van der Waals surface area contributed by atoms with Gasteiger partial charge in [0.2, 0.25) is 11.7 Å². The molecule has 2 amide bonds. The van der Waals surface area contributed by atoms with Crippen molar-refractivity contribution >= 4 is 11.8 Å². The fourth-order valence-electron chi connectivity index (χ4n) is 5.35. The molecule has 2 atom stereocenters. The Morgan fingerprint density at radius 2 is 1.90 bits per heavy atom. The number of ether oxygens (including phenoxy) is 3. The molecule has 12 nitrogen and oxygen atoms in total. The van der Waals surface area contributed by atoms with Crippen LogP contribution in [0.5, 0.6) is 11.5 Å². The van der Waals surface area contributed by atoms with E-state index in [1.807, 2.05) is 6.92 Å². The second-order valence-electron chi connectivity index (χ2n) is 10.2. The monoisotopic (exact) mass is 552 g/mol. The lowest BCUT2D eigenvalue weighted by Crippen LogP contribution is -2.49. The minimum atomic E-state index is -0.945. The number of rotatable bonds is 11. The van der Waals surface area contributed by atoms with E-state index in [2.05, 4.69) is 20.7 Å². The van der Waals surface area contributed by atoms with Gasteiger partial charge >= 0.3 is 0 Å². The number of aromatic nitrogens is 4. The molecular weight excluding hydrogens is 516 g/mol. The summed E-state index contributed by atoms with van der Waals surface area (Å²) in [6, 6.07) is 7.99. The number of nitrogens with zero attached hydrogens (tertiary/aromatic N) is 5. The lowest BCUT2D eigenvalue weighted by molar-refractivity contribution is -0.144. The molecule has 2 fully saturated rings. The largest absolute Gasteiger partial charge is 0.493 e. The van der Waals surface area contributed by atoms with Crippen LogP contribution in [0.2, 0.25) is 0 Å². The first kappa shape index (κ1) is 27.6. The lowest BCUT2D eigenvalue weighted by atomic mass is 10.1. The van der Waals surface area contributed by atoms with Crippen molar-refractivity contribution in [1.82, 2.24) is 30.4 Å². The van der Waals surface area contributed by atoms with E-state index in [-0.39, 0.29) is 37.0 Å². The predicted molar refractivity (Wildman–Crippen MR) is 144 cm³/mol. The summed E-state index contributed by atoms with van der Waals surface area (Å²) in [4.78, 5) is 30.4. The van der Waals surface area contributed by atoms with Crippen LogP contribution in [0.1, 0.15) is 56.1 Å². The molecule has 0 radical (unpaired) electrons. The second kappa shape index (κ2) is 12.5. The molecule has 1 aliphatic heterocycles. The number of methoxy groups -OCH3 is 2. The fraction of sp³-hybridized carbons (Fsp3) is 0.536. The number of tetrazole rings is 1. The van der Waals surface area contributed by atoms with E-state index in [0.717, 1.165) is 38.5 Å². The highest BCUT2D eigenvalue weighted by Crippen LogP contribution is 2.31. The van der Waals surface area contributed by atoms with Gasteiger partial charge in [0.05, 0.1) is 20.3 Å². The number of carbonyl (C=O) groups excluding carboxylic acids is 2. The Bertz CT molecular complexity index is 1310. The maximum absolute atomic E-state index is 13.9. The summed E-state index contributed by atoms with van der Waals surface area (Å²) in [5.74, 6) is 1.91. The molecule has 0 bridgehead atoms. The van der Waals surface area contributed by atoms with Crippen molar-refractivity contribution in [3.63, 3.8) is 0 Å². The third kappa shape index (κ3) is 6.27.